The third kappa shape index (κ3) is 3.02. The summed E-state index contributed by atoms with van der Waals surface area (Å²) in [6, 6.07) is 9.03. The second kappa shape index (κ2) is 6.89. The Kier molecular flexibility index (Phi) is 4.82. The van der Waals surface area contributed by atoms with Gasteiger partial charge in [-0.1, -0.05) is 35.4 Å². The van der Waals surface area contributed by atoms with Gasteiger partial charge in [0.2, 0.25) is 0 Å². The van der Waals surface area contributed by atoms with E-state index in [4.69, 9.17) is 21.1 Å². The summed E-state index contributed by atoms with van der Waals surface area (Å²) in [5, 5.41) is 0.430. The third-order valence-corrected chi connectivity index (χ3v) is 4.75. The molecule has 0 N–H and O–H groups in total. The fourth-order valence-electron chi connectivity index (χ4n) is 3.35. The number of methoxy groups -OCH3 is 1. The normalized spacial score (nSPS) is 15.4. The summed E-state index contributed by atoms with van der Waals surface area (Å²) in [7, 11) is 1.36. The van der Waals surface area contributed by atoms with Gasteiger partial charge >= 0.3 is 5.97 Å². The molecule has 0 saturated carbocycles. The maximum atomic E-state index is 13.0. The Morgan fingerprint density at radius 1 is 1.20 bits per heavy atom. The molecule has 0 radical (unpaired) electrons. The van der Waals surface area contributed by atoms with Gasteiger partial charge in [0.1, 0.15) is 5.75 Å². The Bertz CT molecular complexity index is 857. The first-order valence-electron chi connectivity index (χ1n) is 8.15. The van der Waals surface area contributed by atoms with Crippen molar-refractivity contribution in [3.05, 3.63) is 63.2 Å². The number of carbonyl (C=O) groups excluding carboxylic acids is 2. The summed E-state index contributed by atoms with van der Waals surface area (Å²) in [6.45, 7) is 4.22. The monoisotopic (exact) mass is 358 g/mol. The van der Waals surface area contributed by atoms with E-state index in [1.54, 1.807) is 12.1 Å². The predicted octanol–water partition coefficient (Wildman–Crippen LogP) is 4.29. The molecule has 0 saturated heterocycles. The van der Waals surface area contributed by atoms with Crippen LogP contribution in [0.25, 0.3) is 0 Å². The highest BCUT2D eigenvalue weighted by atomic mass is 35.5. The fraction of sp³-hybridized carbons (Fsp3) is 0.300. The van der Waals surface area contributed by atoms with Crippen LogP contribution in [0.5, 0.6) is 5.75 Å². The highest BCUT2D eigenvalue weighted by molar-refractivity contribution is 6.32. The molecule has 4 nitrogen and oxygen atoms in total. The predicted molar refractivity (Wildman–Crippen MR) is 95.7 cm³/mol. The average molecular weight is 359 g/mol. The van der Waals surface area contributed by atoms with Crippen LogP contribution in [-0.2, 0) is 9.53 Å². The number of benzene rings is 2. The molecule has 0 heterocycles. The first-order valence-corrected chi connectivity index (χ1v) is 8.53. The molecule has 0 spiro atoms. The van der Waals surface area contributed by atoms with E-state index in [0.717, 1.165) is 11.1 Å². The maximum Gasteiger partial charge on any atom is 0.306 e. The molecular formula is C20H19ClO4. The Morgan fingerprint density at radius 2 is 1.92 bits per heavy atom. The number of rotatable bonds is 4. The van der Waals surface area contributed by atoms with Crippen LogP contribution in [0.2, 0.25) is 5.02 Å². The van der Waals surface area contributed by atoms with E-state index >= 15 is 0 Å². The molecule has 0 aliphatic heterocycles. The zero-order chi connectivity index (χ0) is 18.1. The summed E-state index contributed by atoms with van der Waals surface area (Å²) < 4.78 is 10.6. The van der Waals surface area contributed by atoms with E-state index in [9.17, 15) is 9.59 Å². The van der Waals surface area contributed by atoms with Crippen molar-refractivity contribution in [3.63, 3.8) is 0 Å². The number of halogens is 1. The molecule has 0 fully saturated rings. The van der Waals surface area contributed by atoms with Crippen molar-refractivity contribution in [2.24, 2.45) is 0 Å². The number of hydrogen-bond acceptors (Lipinski definition) is 4. The van der Waals surface area contributed by atoms with Crippen LogP contribution >= 0.6 is 11.6 Å². The SMILES string of the molecule is CCOc1c(Cl)ccc2c1C(CC(=O)OC)c1cc(C)ccc1C2=O. The zero-order valence-corrected chi connectivity index (χ0v) is 15.1. The molecule has 1 atom stereocenters. The van der Waals surface area contributed by atoms with Crippen LogP contribution in [0.1, 0.15) is 51.9 Å². The van der Waals surface area contributed by atoms with Gasteiger partial charge in [-0.05, 0) is 31.5 Å². The molecule has 3 rings (SSSR count). The van der Waals surface area contributed by atoms with E-state index < -0.39 is 0 Å². The van der Waals surface area contributed by atoms with Gasteiger partial charge in [0.15, 0.2) is 5.78 Å². The molecule has 0 bridgehead atoms. The summed E-state index contributed by atoms with van der Waals surface area (Å²) in [6.07, 6.45) is 0.119. The highest BCUT2D eigenvalue weighted by Gasteiger charge is 2.36. The third-order valence-electron chi connectivity index (χ3n) is 4.46. The number of esters is 1. The van der Waals surface area contributed by atoms with Crippen LogP contribution < -0.4 is 4.74 Å². The van der Waals surface area contributed by atoms with Crippen LogP contribution in [0, 0.1) is 6.92 Å². The second-order valence-electron chi connectivity index (χ2n) is 6.02. The topological polar surface area (TPSA) is 52.6 Å². The molecular weight excluding hydrogens is 340 g/mol. The Hall–Kier alpha value is -2.33. The minimum atomic E-state index is -0.347. The molecule has 1 aliphatic rings. The molecule has 130 valence electrons. The van der Waals surface area contributed by atoms with Gasteiger partial charge in [-0.25, -0.2) is 0 Å². The average Bonchev–Trinajstić information content (AvgIpc) is 2.60. The quantitative estimate of drug-likeness (QED) is 0.765. The lowest BCUT2D eigenvalue weighted by atomic mass is 9.75. The van der Waals surface area contributed by atoms with E-state index in [1.165, 1.54) is 7.11 Å². The number of aryl methyl sites for hydroxylation is 1. The van der Waals surface area contributed by atoms with E-state index in [1.807, 2.05) is 32.0 Å². The lowest BCUT2D eigenvalue weighted by Gasteiger charge is -2.29. The van der Waals surface area contributed by atoms with Gasteiger partial charge in [0.25, 0.3) is 0 Å². The van der Waals surface area contributed by atoms with Crippen molar-refractivity contribution in [1.29, 1.82) is 0 Å². The molecule has 0 amide bonds. The van der Waals surface area contributed by atoms with Crippen molar-refractivity contribution < 1.29 is 19.1 Å². The van der Waals surface area contributed by atoms with Crippen LogP contribution in [0.15, 0.2) is 30.3 Å². The van der Waals surface area contributed by atoms with E-state index in [0.29, 0.717) is 34.1 Å². The number of carbonyl (C=O) groups is 2. The maximum absolute atomic E-state index is 13.0. The Morgan fingerprint density at radius 3 is 2.60 bits per heavy atom. The lowest BCUT2D eigenvalue weighted by Crippen LogP contribution is -2.23. The number of ether oxygens (including phenoxy) is 2. The van der Waals surface area contributed by atoms with Crippen molar-refractivity contribution >= 4 is 23.4 Å². The van der Waals surface area contributed by atoms with Crippen LogP contribution in [-0.4, -0.2) is 25.5 Å². The lowest BCUT2D eigenvalue weighted by molar-refractivity contribution is -0.140. The van der Waals surface area contributed by atoms with Crippen LogP contribution in [0.4, 0.5) is 0 Å². The minimum absolute atomic E-state index is 0.0799. The van der Waals surface area contributed by atoms with Gasteiger partial charge in [-0.3, -0.25) is 9.59 Å². The van der Waals surface area contributed by atoms with Gasteiger partial charge in [-0.2, -0.15) is 0 Å². The number of fused-ring (bicyclic) bond motifs is 2. The molecule has 0 aromatic heterocycles. The molecule has 25 heavy (non-hydrogen) atoms. The Balaban J connectivity index is 2.28. The van der Waals surface area contributed by atoms with Gasteiger partial charge in [-0.15, -0.1) is 0 Å². The van der Waals surface area contributed by atoms with Gasteiger partial charge in [0, 0.05) is 22.6 Å². The van der Waals surface area contributed by atoms with E-state index in [-0.39, 0.29) is 24.1 Å². The molecule has 5 heteroatoms. The molecule has 2 aromatic rings. The van der Waals surface area contributed by atoms with E-state index in [2.05, 4.69) is 0 Å². The first-order chi connectivity index (χ1) is 12.0. The van der Waals surface area contributed by atoms with Gasteiger partial charge in [0.05, 0.1) is 25.2 Å². The Labute approximate surface area is 151 Å². The second-order valence-corrected chi connectivity index (χ2v) is 6.43. The smallest absolute Gasteiger partial charge is 0.306 e. The summed E-state index contributed by atoms with van der Waals surface area (Å²) in [5.41, 5.74) is 3.63. The number of ketones is 1. The number of hydrogen-bond donors (Lipinski definition) is 0. The molecule has 2 aromatic carbocycles. The standard InChI is InChI=1S/C20H19ClO4/c1-4-25-20-16(21)8-7-13-18(20)15(10-17(22)24-3)14-9-11(2)5-6-12(14)19(13)23/h5-9,15H,4,10H2,1-3H3. The van der Waals surface area contributed by atoms with Crippen molar-refractivity contribution in [2.75, 3.05) is 13.7 Å². The summed E-state index contributed by atoms with van der Waals surface area (Å²) in [5.74, 6) is -0.296. The van der Waals surface area contributed by atoms with Crippen LogP contribution in [0.3, 0.4) is 0 Å². The highest BCUT2D eigenvalue weighted by Crippen LogP contribution is 2.46. The molecule has 1 aliphatic carbocycles. The van der Waals surface area contributed by atoms with Crippen molar-refractivity contribution in [2.45, 2.75) is 26.2 Å². The van der Waals surface area contributed by atoms with Crippen molar-refractivity contribution in [1.82, 2.24) is 0 Å². The largest absolute Gasteiger partial charge is 0.492 e. The fourth-order valence-corrected chi connectivity index (χ4v) is 3.57. The minimum Gasteiger partial charge on any atom is -0.492 e. The summed E-state index contributed by atoms with van der Waals surface area (Å²) in [4.78, 5) is 25.0. The zero-order valence-electron chi connectivity index (χ0n) is 14.4. The first kappa shape index (κ1) is 17.5. The summed E-state index contributed by atoms with van der Waals surface area (Å²) >= 11 is 6.33. The molecule has 1 unspecified atom stereocenters. The van der Waals surface area contributed by atoms with Crippen molar-refractivity contribution in [3.8, 4) is 5.75 Å². The van der Waals surface area contributed by atoms with Gasteiger partial charge < -0.3 is 9.47 Å².